The molecule has 3 fully saturated rings. The molecule has 0 spiro atoms. The Kier molecular flexibility index (Phi) is 15.6. The van der Waals surface area contributed by atoms with Gasteiger partial charge in [0.15, 0.2) is 5.82 Å². The zero-order valence-electron chi connectivity index (χ0n) is 45.1. The molecule has 3 aliphatic heterocycles. The molecule has 16 nitrogen and oxygen atoms in total. The van der Waals surface area contributed by atoms with Crippen LogP contribution in [-0.4, -0.2) is 107 Å². The molecule has 9 aromatic rings. The summed E-state index contributed by atoms with van der Waals surface area (Å²) >= 11 is 12.4. The number of methoxy groups -OCH3 is 1. The lowest BCUT2D eigenvalue weighted by Crippen LogP contribution is -2.38. The minimum absolute atomic E-state index is 0.0714. The van der Waals surface area contributed by atoms with Gasteiger partial charge in [0.05, 0.1) is 52.8 Å². The van der Waals surface area contributed by atoms with E-state index in [4.69, 9.17) is 37.9 Å². The highest BCUT2D eigenvalue weighted by molar-refractivity contribution is 6.35. The van der Waals surface area contributed by atoms with Crippen molar-refractivity contribution in [2.45, 2.75) is 99.3 Å². The molecule has 3 saturated heterocycles. The summed E-state index contributed by atoms with van der Waals surface area (Å²) in [6.45, 7) is 19.9. The van der Waals surface area contributed by atoms with Crippen molar-refractivity contribution in [2.24, 2.45) is 16.2 Å². The van der Waals surface area contributed by atoms with E-state index in [1.54, 1.807) is 25.4 Å². The van der Waals surface area contributed by atoms with E-state index in [0.29, 0.717) is 66.2 Å². The molecule has 19 heteroatoms. The summed E-state index contributed by atoms with van der Waals surface area (Å²) < 4.78 is 19.6. The Bertz CT molecular complexity index is 3470. The number of ether oxygens (including phenoxy) is 1. The smallest absolute Gasteiger partial charge is 0.202 e. The summed E-state index contributed by atoms with van der Waals surface area (Å²) in [5, 5.41) is 22.6. The average molecular weight is 1080 g/mol. The topological polar surface area (TPSA) is 182 Å². The lowest BCUT2D eigenvalue weighted by atomic mass is 9.78. The number of hydrogen-bond donors (Lipinski definition) is 3. The zero-order valence-corrected chi connectivity index (χ0v) is 46.6. The molecule has 402 valence electrons. The van der Waals surface area contributed by atoms with Gasteiger partial charge >= 0.3 is 0 Å². The van der Waals surface area contributed by atoms with E-state index in [1.165, 1.54) is 51.0 Å². The fraction of sp³-hybridized carbons (Fsp3) is 0.431. The van der Waals surface area contributed by atoms with Gasteiger partial charge in [0.2, 0.25) is 16.9 Å². The van der Waals surface area contributed by atoms with Crippen molar-refractivity contribution in [3.63, 3.8) is 0 Å². The molecule has 12 rings (SSSR count). The van der Waals surface area contributed by atoms with E-state index in [0.717, 1.165) is 97.6 Å². The van der Waals surface area contributed by atoms with Crippen LogP contribution in [0.25, 0.3) is 67.3 Å². The number of benzene rings is 3. The van der Waals surface area contributed by atoms with Gasteiger partial charge in [-0.05, 0) is 73.0 Å². The second-order valence-electron chi connectivity index (χ2n) is 21.7. The van der Waals surface area contributed by atoms with Crippen LogP contribution in [0, 0.1) is 22.1 Å². The van der Waals surface area contributed by atoms with Crippen LogP contribution in [0.3, 0.4) is 0 Å². The quantitative estimate of drug-likeness (QED) is 0.118. The maximum atomic E-state index is 14.3. The third-order valence-electron chi connectivity index (χ3n) is 16.9. The Labute approximate surface area is 459 Å². The summed E-state index contributed by atoms with van der Waals surface area (Å²) in [7, 11) is 1.60. The van der Waals surface area contributed by atoms with Gasteiger partial charge in [-0.25, -0.2) is 34.3 Å². The van der Waals surface area contributed by atoms with Gasteiger partial charge in [-0.3, -0.25) is 15.3 Å². The van der Waals surface area contributed by atoms with Crippen molar-refractivity contribution in [1.29, 1.82) is 0 Å². The Balaban J connectivity index is 0.000000131. The number of H-pyrrole nitrogens is 3. The van der Waals surface area contributed by atoms with Crippen LogP contribution in [0.1, 0.15) is 99.3 Å². The number of fused-ring (bicyclic) bond motifs is 3. The molecule has 0 unspecified atom stereocenters. The molecule has 3 aromatic carbocycles. The molecular weight excluding hydrogens is 1010 g/mol. The van der Waals surface area contributed by atoms with E-state index in [9.17, 15) is 4.39 Å². The predicted octanol–water partition coefficient (Wildman–Crippen LogP) is 13.6. The predicted molar refractivity (Wildman–Crippen MR) is 307 cm³/mol. The largest absolute Gasteiger partial charge is 0.495 e. The molecule has 0 aliphatic carbocycles. The molecule has 77 heavy (non-hydrogen) atoms. The first-order valence-electron chi connectivity index (χ1n) is 26.9. The van der Waals surface area contributed by atoms with Gasteiger partial charge < -0.3 is 19.4 Å². The van der Waals surface area contributed by atoms with E-state index in [1.807, 2.05) is 48.8 Å². The molecule has 0 atom stereocenters. The minimum Gasteiger partial charge on any atom is -0.495 e. The highest BCUT2D eigenvalue weighted by atomic mass is 35.5. The Hall–Kier alpha value is -6.98. The van der Waals surface area contributed by atoms with Crippen molar-refractivity contribution >= 4 is 74.1 Å². The van der Waals surface area contributed by atoms with Gasteiger partial charge in [-0.15, -0.1) is 0 Å². The summed E-state index contributed by atoms with van der Waals surface area (Å²) in [5.41, 5.74) is 9.61. The Morgan fingerprint density at radius 3 is 1.34 bits per heavy atom. The van der Waals surface area contributed by atoms with Gasteiger partial charge in [0, 0.05) is 56.0 Å². The van der Waals surface area contributed by atoms with Crippen LogP contribution in [0.5, 0.6) is 5.75 Å². The number of halogens is 3. The van der Waals surface area contributed by atoms with Crippen molar-refractivity contribution in [1.82, 2.24) is 60.5 Å². The number of piperidine rings is 3. The van der Waals surface area contributed by atoms with Gasteiger partial charge in [0.25, 0.3) is 0 Å². The number of nitrogens with one attached hydrogen (secondary N) is 3. The highest BCUT2D eigenvalue weighted by Crippen LogP contribution is 2.40. The van der Waals surface area contributed by atoms with Crippen LogP contribution in [0.2, 0.25) is 10.0 Å². The van der Waals surface area contributed by atoms with Crippen LogP contribution >= 0.6 is 23.2 Å². The van der Waals surface area contributed by atoms with Gasteiger partial charge in [0.1, 0.15) is 39.8 Å². The van der Waals surface area contributed by atoms with Gasteiger partial charge in [-0.1, -0.05) is 133 Å². The molecule has 0 saturated carbocycles. The molecule has 3 N–H and O–H groups in total. The van der Waals surface area contributed by atoms with E-state index < -0.39 is 5.82 Å². The zero-order chi connectivity index (χ0) is 53.9. The highest BCUT2D eigenvalue weighted by Gasteiger charge is 2.32. The van der Waals surface area contributed by atoms with Gasteiger partial charge in [-0.2, -0.15) is 15.3 Å². The van der Waals surface area contributed by atoms with Crippen LogP contribution < -0.4 is 19.4 Å². The number of anilines is 3. The fourth-order valence-corrected chi connectivity index (χ4v) is 10.9. The molecule has 9 heterocycles. The second kappa shape index (κ2) is 22.5. The lowest BCUT2D eigenvalue weighted by molar-refractivity contribution is 0.237. The van der Waals surface area contributed by atoms with E-state index in [2.05, 4.69) is 119 Å². The SMILES string of the molecule is CCC1(C)CCN(c2cnc3c(-c4cccc(Cl)c4F)[nH]nc3n2)CC1.CCC1(C)CCN(c2cnc3c(-c4cccc(OC)c4Cl)[nH]nc3n2)CC1.CCC1(C)CCN(c2cnc3c(-c4ccccc4)[nH]nc3n2)CC1. The minimum atomic E-state index is -0.486. The first kappa shape index (κ1) is 53.4. The van der Waals surface area contributed by atoms with Crippen molar-refractivity contribution in [3.8, 4) is 39.5 Å². The number of nitrogens with zero attached hydrogens (tertiary/aromatic N) is 12. The molecule has 3 aliphatic rings. The normalized spacial score (nSPS) is 17.0. The summed E-state index contributed by atoms with van der Waals surface area (Å²) in [6.07, 6.45) is 16.2. The monoisotopic (exact) mass is 1080 g/mol. The summed E-state index contributed by atoms with van der Waals surface area (Å²) in [6, 6.07) is 20.7. The number of rotatable bonds is 10. The Morgan fingerprint density at radius 1 is 0.519 bits per heavy atom. The van der Waals surface area contributed by atoms with Crippen molar-refractivity contribution < 1.29 is 9.13 Å². The summed E-state index contributed by atoms with van der Waals surface area (Å²) in [4.78, 5) is 34.8. The lowest BCUT2D eigenvalue weighted by Gasteiger charge is -2.39. The van der Waals surface area contributed by atoms with E-state index in [-0.39, 0.29) is 5.02 Å². The third-order valence-corrected chi connectivity index (χ3v) is 17.6. The fourth-order valence-electron chi connectivity index (χ4n) is 10.4. The first-order valence-corrected chi connectivity index (χ1v) is 27.7. The molecule has 6 aromatic heterocycles. The summed E-state index contributed by atoms with van der Waals surface area (Å²) in [5.74, 6) is 2.77. The average Bonchev–Trinajstić information content (AvgIpc) is 4.29. The maximum Gasteiger partial charge on any atom is 0.202 e. The second-order valence-corrected chi connectivity index (χ2v) is 22.5. The molecule has 0 amide bonds. The van der Waals surface area contributed by atoms with Crippen molar-refractivity contribution in [2.75, 3.05) is 61.1 Å². The van der Waals surface area contributed by atoms with Crippen LogP contribution in [0.4, 0.5) is 21.8 Å². The van der Waals surface area contributed by atoms with E-state index >= 15 is 0 Å². The number of aromatic amines is 3. The standard InChI is InChI=1S/C20H24ClN5O.C19H21ClFN5.C19H23N5/c1-4-20(2)8-10-26(11-9-20)15-12-22-18-17(24-25-19(18)23-15)13-6-5-7-14(27-3)16(13)21;1-3-19(2)7-9-26(10-8-19)14-11-22-17-16(24-25-18(17)23-14)12-5-4-6-13(20)15(12)21;1-3-19(2)9-11-24(12-10-19)15-13-20-17-16(22-23-18(17)21-15)14-7-5-4-6-8-14/h5-7,12H,4,8-11H2,1-3H3,(H,23,24,25);4-6,11H,3,7-10H2,1-2H3,(H,23,24,25);4-8,13H,3,9-12H2,1-2H3,(H,21,22,23). The van der Waals surface area contributed by atoms with Crippen molar-refractivity contribution in [3.05, 3.63) is 101 Å². The molecule has 0 bridgehead atoms. The van der Waals surface area contributed by atoms with Crippen LogP contribution in [0.15, 0.2) is 85.3 Å². The number of hydrogen-bond acceptors (Lipinski definition) is 13. The number of aromatic nitrogens is 12. The maximum absolute atomic E-state index is 14.3. The molecule has 0 radical (unpaired) electrons. The molecular formula is C58H68Cl2FN15O. The van der Waals surface area contributed by atoms with Crippen LogP contribution in [-0.2, 0) is 0 Å². The first-order chi connectivity index (χ1) is 37.2. The Morgan fingerprint density at radius 2 is 0.909 bits per heavy atom. The third kappa shape index (κ3) is 11.2.